The molecule has 1 aromatic carbocycles. The van der Waals surface area contributed by atoms with E-state index in [4.69, 9.17) is 0 Å². The SMILES string of the molecule is CC(C)(C)CC(CO)NC(=O)c1ccc(F)cc1F. The van der Waals surface area contributed by atoms with Crippen molar-refractivity contribution in [2.45, 2.75) is 33.2 Å². The van der Waals surface area contributed by atoms with Crippen LogP contribution in [0.3, 0.4) is 0 Å². The summed E-state index contributed by atoms with van der Waals surface area (Å²) in [7, 11) is 0. The minimum absolute atomic E-state index is 0.0813. The Hall–Kier alpha value is -1.49. The maximum Gasteiger partial charge on any atom is 0.254 e. The largest absolute Gasteiger partial charge is 0.394 e. The van der Waals surface area contributed by atoms with Gasteiger partial charge in [0, 0.05) is 6.07 Å². The molecule has 1 rings (SSSR count). The molecular weight excluding hydrogens is 252 g/mol. The van der Waals surface area contributed by atoms with E-state index in [0.717, 1.165) is 12.1 Å². The van der Waals surface area contributed by atoms with Gasteiger partial charge < -0.3 is 10.4 Å². The van der Waals surface area contributed by atoms with Crippen LogP contribution in [-0.2, 0) is 0 Å². The molecule has 2 N–H and O–H groups in total. The third kappa shape index (κ3) is 4.95. The van der Waals surface area contributed by atoms with Crippen LogP contribution in [-0.4, -0.2) is 23.7 Å². The number of rotatable bonds is 4. The Kier molecular flexibility index (Phi) is 5.00. The Bertz CT molecular complexity index is 455. The molecule has 106 valence electrons. The van der Waals surface area contributed by atoms with E-state index in [9.17, 15) is 18.7 Å². The Balaban J connectivity index is 2.77. The highest BCUT2D eigenvalue weighted by molar-refractivity contribution is 5.94. The highest BCUT2D eigenvalue weighted by atomic mass is 19.1. The molecular formula is C14H19F2NO2. The third-order valence-corrected chi connectivity index (χ3v) is 2.59. The fourth-order valence-electron chi connectivity index (χ4n) is 1.84. The van der Waals surface area contributed by atoms with Gasteiger partial charge in [-0.05, 0) is 24.0 Å². The van der Waals surface area contributed by atoms with Crippen LogP contribution in [0.15, 0.2) is 18.2 Å². The monoisotopic (exact) mass is 271 g/mol. The summed E-state index contributed by atoms with van der Waals surface area (Å²) in [4.78, 5) is 11.8. The van der Waals surface area contributed by atoms with E-state index in [1.54, 1.807) is 0 Å². The second kappa shape index (κ2) is 6.10. The second-order valence-electron chi connectivity index (χ2n) is 5.74. The van der Waals surface area contributed by atoms with Crippen LogP contribution >= 0.6 is 0 Å². The lowest BCUT2D eigenvalue weighted by Gasteiger charge is -2.25. The van der Waals surface area contributed by atoms with Crippen molar-refractivity contribution in [2.75, 3.05) is 6.61 Å². The molecule has 1 aromatic rings. The van der Waals surface area contributed by atoms with Crippen molar-refractivity contribution >= 4 is 5.91 Å². The number of hydrogen-bond donors (Lipinski definition) is 2. The summed E-state index contributed by atoms with van der Waals surface area (Å²) < 4.78 is 26.2. The van der Waals surface area contributed by atoms with Gasteiger partial charge in [-0.25, -0.2) is 8.78 Å². The molecule has 1 atom stereocenters. The van der Waals surface area contributed by atoms with Crippen molar-refractivity contribution in [3.8, 4) is 0 Å². The quantitative estimate of drug-likeness (QED) is 0.884. The number of carbonyl (C=O) groups is 1. The molecule has 3 nitrogen and oxygen atoms in total. The number of nitrogens with one attached hydrogen (secondary N) is 1. The van der Waals surface area contributed by atoms with Gasteiger partial charge in [-0.15, -0.1) is 0 Å². The van der Waals surface area contributed by atoms with Crippen LogP contribution in [0.1, 0.15) is 37.6 Å². The lowest BCUT2D eigenvalue weighted by Crippen LogP contribution is -2.40. The van der Waals surface area contributed by atoms with Gasteiger partial charge >= 0.3 is 0 Å². The van der Waals surface area contributed by atoms with Crippen LogP contribution in [0.25, 0.3) is 0 Å². The molecule has 0 spiro atoms. The summed E-state index contributed by atoms with van der Waals surface area (Å²) in [5.41, 5.74) is -0.309. The molecule has 19 heavy (non-hydrogen) atoms. The van der Waals surface area contributed by atoms with Crippen molar-refractivity contribution in [3.63, 3.8) is 0 Å². The summed E-state index contributed by atoms with van der Waals surface area (Å²) >= 11 is 0. The number of amides is 1. The number of benzene rings is 1. The van der Waals surface area contributed by atoms with E-state index in [0.29, 0.717) is 12.5 Å². The zero-order valence-electron chi connectivity index (χ0n) is 11.3. The van der Waals surface area contributed by atoms with Crippen LogP contribution in [0.2, 0.25) is 0 Å². The normalized spacial score (nSPS) is 13.2. The molecule has 0 radical (unpaired) electrons. The van der Waals surface area contributed by atoms with E-state index in [1.165, 1.54) is 0 Å². The average Bonchev–Trinajstić information content (AvgIpc) is 2.25. The van der Waals surface area contributed by atoms with Gasteiger partial charge in [0.2, 0.25) is 0 Å². The zero-order valence-corrected chi connectivity index (χ0v) is 11.3. The number of aliphatic hydroxyl groups excluding tert-OH is 1. The van der Waals surface area contributed by atoms with E-state index in [-0.39, 0.29) is 17.6 Å². The van der Waals surface area contributed by atoms with E-state index in [2.05, 4.69) is 5.32 Å². The van der Waals surface area contributed by atoms with Gasteiger partial charge in [0.25, 0.3) is 5.91 Å². The van der Waals surface area contributed by atoms with Gasteiger partial charge in [-0.3, -0.25) is 4.79 Å². The molecule has 0 aromatic heterocycles. The predicted octanol–water partition coefficient (Wildman–Crippen LogP) is 2.49. The third-order valence-electron chi connectivity index (χ3n) is 2.59. The maximum atomic E-state index is 13.4. The summed E-state index contributed by atoms with van der Waals surface area (Å²) in [6, 6.07) is 2.31. The molecule has 0 aliphatic rings. The summed E-state index contributed by atoms with van der Waals surface area (Å²) in [6.45, 7) is 5.69. The van der Waals surface area contributed by atoms with Gasteiger partial charge in [0.15, 0.2) is 0 Å². The number of halogens is 2. The van der Waals surface area contributed by atoms with Crippen molar-refractivity contribution in [1.82, 2.24) is 5.32 Å². The molecule has 1 amide bonds. The van der Waals surface area contributed by atoms with E-state index < -0.39 is 23.6 Å². The van der Waals surface area contributed by atoms with Crippen LogP contribution in [0.5, 0.6) is 0 Å². The Morgan fingerprint density at radius 2 is 2.00 bits per heavy atom. The molecule has 0 aliphatic carbocycles. The molecule has 0 fully saturated rings. The minimum Gasteiger partial charge on any atom is -0.394 e. The van der Waals surface area contributed by atoms with Gasteiger partial charge in [-0.2, -0.15) is 0 Å². The van der Waals surface area contributed by atoms with Gasteiger partial charge in [0.05, 0.1) is 18.2 Å². The van der Waals surface area contributed by atoms with E-state index >= 15 is 0 Å². The summed E-state index contributed by atoms with van der Waals surface area (Å²) in [5, 5.41) is 11.8. The smallest absolute Gasteiger partial charge is 0.254 e. The molecule has 1 unspecified atom stereocenters. The van der Waals surface area contributed by atoms with Gasteiger partial charge in [0.1, 0.15) is 11.6 Å². The Morgan fingerprint density at radius 1 is 1.37 bits per heavy atom. The Labute approximate surface area is 111 Å². The molecule has 0 aliphatic heterocycles. The van der Waals surface area contributed by atoms with Crippen molar-refractivity contribution in [2.24, 2.45) is 5.41 Å². The first-order valence-corrected chi connectivity index (χ1v) is 6.10. The maximum absolute atomic E-state index is 13.4. The predicted molar refractivity (Wildman–Crippen MR) is 68.8 cm³/mol. The highest BCUT2D eigenvalue weighted by Gasteiger charge is 2.21. The number of carbonyl (C=O) groups excluding carboxylic acids is 1. The first-order valence-electron chi connectivity index (χ1n) is 6.10. The second-order valence-corrected chi connectivity index (χ2v) is 5.74. The first kappa shape index (κ1) is 15.6. The first-order chi connectivity index (χ1) is 8.73. The highest BCUT2D eigenvalue weighted by Crippen LogP contribution is 2.21. The van der Waals surface area contributed by atoms with Crippen molar-refractivity contribution in [1.29, 1.82) is 0 Å². The number of hydrogen-bond acceptors (Lipinski definition) is 2. The fraction of sp³-hybridized carbons (Fsp3) is 0.500. The topological polar surface area (TPSA) is 49.3 Å². The standard InChI is InChI=1S/C14H19F2NO2/c1-14(2,3)7-10(8-18)17-13(19)11-5-4-9(15)6-12(11)16/h4-6,10,18H,7-8H2,1-3H3,(H,17,19). The fourth-order valence-corrected chi connectivity index (χ4v) is 1.84. The van der Waals surface area contributed by atoms with Crippen LogP contribution < -0.4 is 5.32 Å². The van der Waals surface area contributed by atoms with Crippen LogP contribution in [0, 0.1) is 17.0 Å². The molecule has 0 bridgehead atoms. The molecule has 0 heterocycles. The van der Waals surface area contributed by atoms with Crippen molar-refractivity contribution < 1.29 is 18.7 Å². The zero-order chi connectivity index (χ0) is 14.6. The average molecular weight is 271 g/mol. The minimum atomic E-state index is -0.912. The molecule has 5 heteroatoms. The lowest BCUT2D eigenvalue weighted by atomic mass is 9.88. The van der Waals surface area contributed by atoms with Crippen molar-refractivity contribution in [3.05, 3.63) is 35.4 Å². The summed E-state index contributed by atoms with van der Waals surface area (Å²) in [5.74, 6) is -2.30. The van der Waals surface area contributed by atoms with Crippen LogP contribution in [0.4, 0.5) is 8.78 Å². The lowest BCUT2D eigenvalue weighted by molar-refractivity contribution is 0.0893. The summed E-state index contributed by atoms with van der Waals surface area (Å²) in [6.07, 6.45) is 0.554. The molecule has 0 saturated heterocycles. The number of aliphatic hydroxyl groups is 1. The molecule has 0 saturated carbocycles. The van der Waals surface area contributed by atoms with Gasteiger partial charge in [-0.1, -0.05) is 20.8 Å². The Morgan fingerprint density at radius 3 is 2.47 bits per heavy atom. The van der Waals surface area contributed by atoms with E-state index in [1.807, 2.05) is 20.8 Å².